The van der Waals surface area contributed by atoms with Gasteiger partial charge in [-0.1, -0.05) is 30.3 Å². The van der Waals surface area contributed by atoms with Crippen molar-refractivity contribution < 1.29 is 23.1 Å². The highest BCUT2D eigenvalue weighted by Crippen LogP contribution is 2.34. The molecule has 0 unspecified atom stereocenters. The van der Waals surface area contributed by atoms with Crippen molar-refractivity contribution in [2.24, 2.45) is 0 Å². The second-order valence-corrected chi connectivity index (χ2v) is 5.65. The van der Waals surface area contributed by atoms with Gasteiger partial charge in [-0.05, 0) is 17.7 Å². The fourth-order valence-electron chi connectivity index (χ4n) is 2.90. The number of hydrogen-bond acceptors (Lipinski definition) is 3. The monoisotopic (exact) mass is 346 g/mol. The highest BCUT2D eigenvalue weighted by atomic mass is 19.3. The van der Waals surface area contributed by atoms with Crippen LogP contribution in [-0.2, 0) is 0 Å². The third-order valence-corrected chi connectivity index (χ3v) is 4.19. The summed E-state index contributed by atoms with van der Waals surface area (Å²) in [7, 11) is 1.69. The van der Waals surface area contributed by atoms with Gasteiger partial charge in [0, 0.05) is 18.8 Å². The first kappa shape index (κ1) is 16.9. The molecule has 1 aliphatic heterocycles. The van der Waals surface area contributed by atoms with Crippen LogP contribution in [0.1, 0.15) is 22.0 Å². The van der Waals surface area contributed by atoms with Crippen molar-refractivity contribution in [1.29, 1.82) is 0 Å². The van der Waals surface area contributed by atoms with E-state index in [1.165, 1.54) is 17.0 Å². The van der Waals surface area contributed by atoms with E-state index >= 15 is 0 Å². The average molecular weight is 346 g/mol. The van der Waals surface area contributed by atoms with Gasteiger partial charge in [0.25, 0.3) is 0 Å². The molecular formula is C18H16F2N2O3. The number of hydrogen-bond donors (Lipinski definition) is 0. The zero-order chi connectivity index (χ0) is 18.0. The van der Waals surface area contributed by atoms with Gasteiger partial charge in [0.05, 0.1) is 18.2 Å². The van der Waals surface area contributed by atoms with Gasteiger partial charge in [-0.15, -0.1) is 0 Å². The van der Waals surface area contributed by atoms with E-state index in [2.05, 4.69) is 4.74 Å². The molecule has 0 saturated carbocycles. The zero-order valence-corrected chi connectivity index (χ0v) is 13.4. The summed E-state index contributed by atoms with van der Waals surface area (Å²) >= 11 is 0. The third kappa shape index (κ3) is 3.31. The van der Waals surface area contributed by atoms with Gasteiger partial charge in [0.15, 0.2) is 6.29 Å². The van der Waals surface area contributed by atoms with Crippen molar-refractivity contribution in [1.82, 2.24) is 4.90 Å². The van der Waals surface area contributed by atoms with Crippen LogP contribution in [0.5, 0.6) is 5.75 Å². The summed E-state index contributed by atoms with van der Waals surface area (Å²) in [6.07, 6.45) is 0.437. The van der Waals surface area contributed by atoms with Crippen molar-refractivity contribution in [2.75, 3.05) is 18.5 Å². The molecule has 0 aromatic heterocycles. The number of likely N-dealkylation sites (N-methyl/N-ethyl adjacent to an activating group) is 1. The van der Waals surface area contributed by atoms with E-state index in [1.54, 1.807) is 18.0 Å². The maximum atomic E-state index is 12.6. The smallest absolute Gasteiger partial charge is 0.387 e. The van der Waals surface area contributed by atoms with Gasteiger partial charge in [0.2, 0.25) is 0 Å². The quantitative estimate of drug-likeness (QED) is 0.776. The average Bonchev–Trinajstić information content (AvgIpc) is 2.91. The summed E-state index contributed by atoms with van der Waals surface area (Å²) in [4.78, 5) is 26.6. The lowest BCUT2D eigenvalue weighted by Gasteiger charge is -2.18. The molecule has 2 aromatic rings. The van der Waals surface area contributed by atoms with Gasteiger partial charge in [-0.25, -0.2) is 4.79 Å². The maximum Gasteiger partial charge on any atom is 0.387 e. The van der Waals surface area contributed by atoms with Crippen LogP contribution in [0.15, 0.2) is 48.5 Å². The highest BCUT2D eigenvalue weighted by Gasteiger charge is 2.36. The number of urea groups is 1. The Bertz CT molecular complexity index is 783. The van der Waals surface area contributed by atoms with Crippen LogP contribution in [0.25, 0.3) is 0 Å². The van der Waals surface area contributed by atoms with E-state index in [9.17, 15) is 18.4 Å². The summed E-state index contributed by atoms with van der Waals surface area (Å²) in [6.45, 7) is -2.68. The van der Waals surface area contributed by atoms with Gasteiger partial charge < -0.3 is 9.64 Å². The molecule has 0 N–H and O–H groups in total. The van der Waals surface area contributed by atoms with Crippen LogP contribution in [-0.4, -0.2) is 37.4 Å². The topological polar surface area (TPSA) is 49.9 Å². The lowest BCUT2D eigenvalue weighted by molar-refractivity contribution is -0.0500. The molecule has 1 fully saturated rings. The molecule has 1 heterocycles. The number of aldehydes is 1. The van der Waals surface area contributed by atoms with Gasteiger partial charge in [0.1, 0.15) is 5.75 Å². The van der Waals surface area contributed by atoms with E-state index < -0.39 is 6.61 Å². The lowest BCUT2D eigenvalue weighted by atomic mass is 10.1. The Balaban J connectivity index is 1.91. The number of rotatable bonds is 5. The van der Waals surface area contributed by atoms with Gasteiger partial charge in [-0.3, -0.25) is 9.69 Å². The molecule has 0 bridgehead atoms. The number of amides is 2. The summed E-state index contributed by atoms with van der Waals surface area (Å²) in [5, 5.41) is 0. The van der Waals surface area contributed by atoms with Crippen LogP contribution in [0, 0.1) is 0 Å². The van der Waals surface area contributed by atoms with E-state index in [0.717, 1.165) is 5.56 Å². The van der Waals surface area contributed by atoms with Crippen molar-refractivity contribution in [3.05, 3.63) is 59.7 Å². The normalized spacial score (nSPS) is 17.3. The second-order valence-electron chi connectivity index (χ2n) is 5.65. The minimum Gasteiger partial charge on any atom is -0.434 e. The molecule has 1 atom stereocenters. The molecule has 5 nitrogen and oxygen atoms in total. The molecule has 2 aromatic carbocycles. The SMILES string of the molecule is CN1C(=O)N(c2ccc(C=O)c(OC(F)F)c2)C[C@H]1c1ccccc1. The standard InChI is InChI=1S/C18H16F2N2O3/c1-21-15(12-5-3-2-4-6-12)10-22(18(21)24)14-8-7-13(11-23)16(9-14)25-17(19)20/h2-9,11,15,17H,10H2,1H3/t15-/m0/s1. The Hall–Kier alpha value is -2.96. The van der Waals surface area contributed by atoms with Gasteiger partial charge >= 0.3 is 12.6 Å². The van der Waals surface area contributed by atoms with Crippen molar-refractivity contribution in [2.45, 2.75) is 12.7 Å². The molecule has 7 heteroatoms. The van der Waals surface area contributed by atoms with Crippen LogP contribution in [0.2, 0.25) is 0 Å². The molecule has 3 rings (SSSR count). The molecular weight excluding hydrogens is 330 g/mol. The number of carbonyl (C=O) groups is 2. The van der Waals surface area contributed by atoms with E-state index in [0.29, 0.717) is 18.5 Å². The molecule has 25 heavy (non-hydrogen) atoms. The van der Waals surface area contributed by atoms with E-state index in [1.807, 2.05) is 30.3 Å². The van der Waals surface area contributed by atoms with E-state index in [4.69, 9.17) is 0 Å². The molecule has 1 aliphatic rings. The largest absolute Gasteiger partial charge is 0.434 e. The first-order valence-corrected chi connectivity index (χ1v) is 7.64. The first-order chi connectivity index (χ1) is 12.0. The van der Waals surface area contributed by atoms with Crippen molar-refractivity contribution in [3.8, 4) is 5.75 Å². The number of carbonyl (C=O) groups excluding carboxylic acids is 2. The summed E-state index contributed by atoms with van der Waals surface area (Å²) in [6, 6.07) is 13.3. The molecule has 0 radical (unpaired) electrons. The van der Waals surface area contributed by atoms with E-state index in [-0.39, 0.29) is 23.4 Å². The second kappa shape index (κ2) is 6.88. The zero-order valence-electron chi connectivity index (χ0n) is 13.4. The van der Waals surface area contributed by atoms with Gasteiger partial charge in [-0.2, -0.15) is 8.78 Å². The number of alkyl halides is 2. The lowest BCUT2D eigenvalue weighted by Crippen LogP contribution is -2.29. The number of anilines is 1. The minimum atomic E-state index is -3.05. The number of benzene rings is 2. The predicted molar refractivity (Wildman–Crippen MR) is 88.1 cm³/mol. The Morgan fingerprint density at radius 2 is 1.92 bits per heavy atom. The van der Waals surface area contributed by atoms with Crippen LogP contribution < -0.4 is 9.64 Å². The molecule has 0 aliphatic carbocycles. The third-order valence-electron chi connectivity index (χ3n) is 4.19. The predicted octanol–water partition coefficient (Wildman–Crippen LogP) is 3.71. The van der Waals surface area contributed by atoms with Crippen LogP contribution in [0.3, 0.4) is 0 Å². The van der Waals surface area contributed by atoms with Crippen molar-refractivity contribution >= 4 is 18.0 Å². The summed E-state index contributed by atoms with van der Waals surface area (Å²) < 4.78 is 29.5. The highest BCUT2D eigenvalue weighted by molar-refractivity contribution is 5.95. The summed E-state index contributed by atoms with van der Waals surface area (Å²) in [5.74, 6) is -0.249. The molecule has 0 spiro atoms. The Morgan fingerprint density at radius 1 is 1.20 bits per heavy atom. The Kier molecular flexibility index (Phi) is 4.65. The van der Waals surface area contributed by atoms with Crippen LogP contribution >= 0.6 is 0 Å². The first-order valence-electron chi connectivity index (χ1n) is 7.64. The Labute approximate surface area is 143 Å². The fourth-order valence-corrected chi connectivity index (χ4v) is 2.90. The maximum absolute atomic E-state index is 12.6. The molecule has 2 amide bonds. The van der Waals surface area contributed by atoms with Crippen LogP contribution in [0.4, 0.5) is 19.3 Å². The molecule has 1 saturated heterocycles. The number of ether oxygens (including phenoxy) is 1. The molecule has 130 valence electrons. The number of nitrogens with zero attached hydrogens (tertiary/aromatic N) is 2. The van der Waals surface area contributed by atoms with Crippen molar-refractivity contribution in [3.63, 3.8) is 0 Å². The summed E-state index contributed by atoms with van der Waals surface area (Å²) in [5.41, 5.74) is 1.38. The Morgan fingerprint density at radius 3 is 2.56 bits per heavy atom. The minimum absolute atomic E-state index is 0.00339. The number of halogens is 2. The fraction of sp³-hybridized carbons (Fsp3) is 0.222.